The van der Waals surface area contributed by atoms with Crippen LogP contribution in [-0.4, -0.2) is 52.2 Å². The molecule has 1 saturated heterocycles. The maximum Gasteiger partial charge on any atom is 0.243 e. The van der Waals surface area contributed by atoms with E-state index in [2.05, 4.69) is 0 Å². The van der Waals surface area contributed by atoms with Crippen LogP contribution in [0.2, 0.25) is 0 Å². The molecule has 1 aliphatic heterocycles. The highest BCUT2D eigenvalue weighted by Crippen LogP contribution is 2.31. The summed E-state index contributed by atoms with van der Waals surface area (Å²) in [6.45, 7) is 5.82. The topological polar surface area (TPSA) is 81.9 Å². The van der Waals surface area contributed by atoms with Crippen molar-refractivity contribution in [2.24, 2.45) is 11.1 Å². The van der Waals surface area contributed by atoms with E-state index >= 15 is 0 Å². The van der Waals surface area contributed by atoms with Crippen molar-refractivity contribution < 1.29 is 17.9 Å². The summed E-state index contributed by atoms with van der Waals surface area (Å²) in [5.74, 6) is 0.627. The molecule has 6 nitrogen and oxygen atoms in total. The summed E-state index contributed by atoms with van der Waals surface area (Å²) in [4.78, 5) is 0.280. The zero-order chi connectivity index (χ0) is 17.1. The molecule has 0 aromatic heterocycles. The van der Waals surface area contributed by atoms with Gasteiger partial charge >= 0.3 is 0 Å². The molecule has 1 unspecified atom stereocenters. The number of hydrogen-bond donors (Lipinski definition) is 1. The van der Waals surface area contributed by atoms with Crippen molar-refractivity contribution in [2.45, 2.75) is 31.2 Å². The zero-order valence-electron chi connectivity index (χ0n) is 14.0. The van der Waals surface area contributed by atoms with Crippen LogP contribution in [0.25, 0.3) is 0 Å². The van der Waals surface area contributed by atoms with Crippen molar-refractivity contribution in [1.29, 1.82) is 0 Å². The lowest BCUT2D eigenvalue weighted by Crippen LogP contribution is -2.53. The molecule has 1 fully saturated rings. The van der Waals surface area contributed by atoms with Crippen LogP contribution in [0.3, 0.4) is 0 Å². The Balaban J connectivity index is 2.10. The molecule has 2 N–H and O–H groups in total. The van der Waals surface area contributed by atoms with Gasteiger partial charge in [-0.2, -0.15) is 4.31 Å². The van der Waals surface area contributed by atoms with Crippen LogP contribution in [0.4, 0.5) is 0 Å². The van der Waals surface area contributed by atoms with E-state index in [1.54, 1.807) is 31.4 Å². The Hall–Kier alpha value is -1.15. The van der Waals surface area contributed by atoms with E-state index in [0.717, 1.165) is 0 Å². The number of ether oxygens (including phenoxy) is 2. The second-order valence-electron chi connectivity index (χ2n) is 6.54. The molecule has 1 aliphatic rings. The van der Waals surface area contributed by atoms with E-state index in [1.165, 1.54) is 4.31 Å². The highest BCUT2D eigenvalue weighted by molar-refractivity contribution is 7.89. The molecule has 1 atom stereocenters. The maximum absolute atomic E-state index is 12.8. The van der Waals surface area contributed by atoms with E-state index in [1.807, 2.05) is 13.8 Å². The average molecular weight is 342 g/mol. The average Bonchev–Trinajstić information content (AvgIpc) is 2.50. The van der Waals surface area contributed by atoms with Crippen LogP contribution < -0.4 is 10.5 Å². The molecule has 0 spiro atoms. The second kappa shape index (κ2) is 7.17. The molecule has 0 bridgehead atoms. The largest absolute Gasteiger partial charge is 0.491 e. The van der Waals surface area contributed by atoms with Gasteiger partial charge in [0.15, 0.2) is 0 Å². The van der Waals surface area contributed by atoms with Crippen LogP contribution in [0.15, 0.2) is 29.2 Å². The van der Waals surface area contributed by atoms with Gasteiger partial charge < -0.3 is 15.2 Å². The predicted molar refractivity (Wildman–Crippen MR) is 88.9 cm³/mol. The lowest BCUT2D eigenvalue weighted by atomic mass is 9.81. The number of methoxy groups -OCH3 is 1. The van der Waals surface area contributed by atoms with Gasteiger partial charge in [-0.25, -0.2) is 8.42 Å². The molecule has 130 valence electrons. The minimum Gasteiger partial charge on any atom is -0.491 e. The van der Waals surface area contributed by atoms with Crippen molar-refractivity contribution in [2.75, 3.05) is 33.4 Å². The Morgan fingerprint density at radius 2 is 1.91 bits per heavy atom. The molecule has 0 saturated carbocycles. The summed E-state index contributed by atoms with van der Waals surface area (Å²) >= 11 is 0. The summed E-state index contributed by atoms with van der Waals surface area (Å²) in [6.07, 6.45) is 0.671. The van der Waals surface area contributed by atoms with Gasteiger partial charge in [-0.1, -0.05) is 13.8 Å². The third-order valence-electron chi connectivity index (χ3n) is 4.29. The number of piperidine rings is 1. The van der Waals surface area contributed by atoms with E-state index in [9.17, 15) is 8.42 Å². The SMILES string of the molecule is COCCOc1ccc(S(=O)(=O)N2CCC(N)C(C)(C)C2)cc1. The van der Waals surface area contributed by atoms with Crippen molar-refractivity contribution >= 4 is 10.0 Å². The summed E-state index contributed by atoms with van der Waals surface area (Å²) in [7, 11) is -1.90. The zero-order valence-corrected chi connectivity index (χ0v) is 14.8. The first kappa shape index (κ1) is 18.2. The Morgan fingerprint density at radius 3 is 2.48 bits per heavy atom. The summed E-state index contributed by atoms with van der Waals surface area (Å²) in [5, 5.41) is 0. The van der Waals surface area contributed by atoms with Gasteiger partial charge in [0.1, 0.15) is 12.4 Å². The standard InChI is InChI=1S/C16H26N2O4S/c1-16(2)12-18(9-8-15(16)17)23(19,20)14-6-4-13(5-7-14)22-11-10-21-3/h4-7,15H,8-12,17H2,1-3H3. The first-order chi connectivity index (χ1) is 10.8. The molecule has 0 aliphatic carbocycles. The Morgan fingerprint density at radius 1 is 1.26 bits per heavy atom. The Bertz CT molecular complexity index is 613. The van der Waals surface area contributed by atoms with Gasteiger partial charge in [0.25, 0.3) is 0 Å². The van der Waals surface area contributed by atoms with Crippen LogP contribution in [0, 0.1) is 5.41 Å². The van der Waals surface area contributed by atoms with E-state index < -0.39 is 10.0 Å². The Kier molecular flexibility index (Phi) is 5.67. The molecule has 7 heteroatoms. The number of nitrogens with two attached hydrogens (primary N) is 1. The van der Waals surface area contributed by atoms with E-state index in [0.29, 0.717) is 38.5 Å². The summed E-state index contributed by atoms with van der Waals surface area (Å²) in [5.41, 5.74) is 5.86. The molecule has 0 amide bonds. The molecule has 23 heavy (non-hydrogen) atoms. The molecule has 1 aromatic carbocycles. The number of benzene rings is 1. The van der Waals surface area contributed by atoms with Crippen molar-refractivity contribution in [3.8, 4) is 5.75 Å². The lowest BCUT2D eigenvalue weighted by Gasteiger charge is -2.41. The summed E-state index contributed by atoms with van der Waals surface area (Å²) in [6, 6.07) is 6.52. The van der Waals surface area contributed by atoms with Gasteiger partial charge in [-0.05, 0) is 36.1 Å². The molecule has 2 rings (SSSR count). The van der Waals surface area contributed by atoms with Crippen molar-refractivity contribution in [3.05, 3.63) is 24.3 Å². The monoisotopic (exact) mass is 342 g/mol. The van der Waals surface area contributed by atoms with Crippen molar-refractivity contribution in [1.82, 2.24) is 4.31 Å². The van der Waals surface area contributed by atoms with Gasteiger partial charge in [0, 0.05) is 26.2 Å². The molecular weight excluding hydrogens is 316 g/mol. The third-order valence-corrected chi connectivity index (χ3v) is 6.15. The smallest absolute Gasteiger partial charge is 0.243 e. The second-order valence-corrected chi connectivity index (χ2v) is 8.47. The van der Waals surface area contributed by atoms with Gasteiger partial charge in [0.05, 0.1) is 11.5 Å². The Labute approximate surface area is 138 Å². The van der Waals surface area contributed by atoms with Gasteiger partial charge in [-0.3, -0.25) is 0 Å². The molecule has 0 radical (unpaired) electrons. The first-order valence-corrected chi connectivity index (χ1v) is 9.19. The van der Waals surface area contributed by atoms with Crippen molar-refractivity contribution in [3.63, 3.8) is 0 Å². The third kappa shape index (κ3) is 4.23. The van der Waals surface area contributed by atoms with Crippen LogP contribution in [0.5, 0.6) is 5.75 Å². The van der Waals surface area contributed by atoms with Gasteiger partial charge in [-0.15, -0.1) is 0 Å². The number of rotatable bonds is 6. The van der Waals surface area contributed by atoms with Crippen LogP contribution in [0.1, 0.15) is 20.3 Å². The molecule has 1 heterocycles. The molecular formula is C16H26N2O4S. The minimum atomic E-state index is -3.50. The number of hydrogen-bond acceptors (Lipinski definition) is 5. The van der Waals surface area contributed by atoms with Crippen LogP contribution in [-0.2, 0) is 14.8 Å². The lowest BCUT2D eigenvalue weighted by molar-refractivity contribution is 0.146. The quantitative estimate of drug-likeness (QED) is 0.792. The first-order valence-electron chi connectivity index (χ1n) is 7.75. The van der Waals surface area contributed by atoms with E-state index in [4.69, 9.17) is 15.2 Å². The predicted octanol–water partition coefficient (Wildman–Crippen LogP) is 1.46. The fraction of sp³-hybridized carbons (Fsp3) is 0.625. The normalized spacial score (nSPS) is 22.0. The summed E-state index contributed by atoms with van der Waals surface area (Å²) < 4.78 is 37.4. The van der Waals surface area contributed by atoms with Gasteiger partial charge in [0.2, 0.25) is 10.0 Å². The van der Waals surface area contributed by atoms with Crippen LogP contribution >= 0.6 is 0 Å². The minimum absolute atomic E-state index is 0.0190. The number of nitrogens with zero attached hydrogens (tertiary/aromatic N) is 1. The maximum atomic E-state index is 12.8. The highest BCUT2D eigenvalue weighted by Gasteiger charge is 2.38. The number of sulfonamides is 1. The fourth-order valence-corrected chi connectivity index (χ4v) is 4.26. The van der Waals surface area contributed by atoms with E-state index in [-0.39, 0.29) is 16.4 Å². The fourth-order valence-electron chi connectivity index (χ4n) is 2.63. The molecule has 1 aromatic rings. The highest BCUT2D eigenvalue weighted by atomic mass is 32.2.